The van der Waals surface area contributed by atoms with Crippen molar-refractivity contribution in [2.75, 3.05) is 6.61 Å². The molecule has 1 atom stereocenters. The number of rotatable bonds is 19. The van der Waals surface area contributed by atoms with Crippen molar-refractivity contribution >= 4 is 17.6 Å². The second kappa shape index (κ2) is 19.2. The SMILES string of the molecule is CCCCCCCCCCOc1ccc(-c2ccc(CCC3CCC(OC(=O)[C@@H](F)CCCC)CC3)cc2)cc1Cl. The number of carbonyl (C=O) groups is 1. The fraction of sp³-hybridized carbons (Fsp3) is 0.639. The first kappa shape index (κ1) is 33.4. The summed E-state index contributed by atoms with van der Waals surface area (Å²) in [4.78, 5) is 12.0. The largest absolute Gasteiger partial charge is 0.492 e. The van der Waals surface area contributed by atoms with Crippen LogP contribution < -0.4 is 4.74 Å². The van der Waals surface area contributed by atoms with E-state index in [1.165, 1.54) is 50.5 Å². The van der Waals surface area contributed by atoms with E-state index in [2.05, 4.69) is 37.3 Å². The van der Waals surface area contributed by atoms with Gasteiger partial charge in [-0.15, -0.1) is 0 Å². The predicted octanol–water partition coefficient (Wildman–Crippen LogP) is 11.1. The van der Waals surface area contributed by atoms with Gasteiger partial charge in [0.05, 0.1) is 11.6 Å². The Morgan fingerprint density at radius 1 is 0.854 bits per heavy atom. The molecule has 3 nitrogen and oxygen atoms in total. The van der Waals surface area contributed by atoms with Gasteiger partial charge in [0, 0.05) is 0 Å². The molecule has 0 spiro atoms. The first-order chi connectivity index (χ1) is 20.0. The van der Waals surface area contributed by atoms with Gasteiger partial charge in [-0.25, -0.2) is 9.18 Å². The topological polar surface area (TPSA) is 35.5 Å². The number of hydrogen-bond donors (Lipinski definition) is 0. The van der Waals surface area contributed by atoms with Gasteiger partial charge in [-0.1, -0.05) is 114 Å². The van der Waals surface area contributed by atoms with Gasteiger partial charge in [0.25, 0.3) is 0 Å². The summed E-state index contributed by atoms with van der Waals surface area (Å²) in [6.45, 7) is 4.97. The van der Waals surface area contributed by atoms with Gasteiger partial charge in [-0.05, 0) is 86.1 Å². The van der Waals surface area contributed by atoms with E-state index in [0.29, 0.717) is 17.5 Å². The van der Waals surface area contributed by atoms with E-state index in [9.17, 15) is 9.18 Å². The van der Waals surface area contributed by atoms with Crippen LogP contribution in [0.3, 0.4) is 0 Å². The van der Waals surface area contributed by atoms with Gasteiger partial charge < -0.3 is 9.47 Å². The lowest BCUT2D eigenvalue weighted by Gasteiger charge is -2.28. The van der Waals surface area contributed by atoms with Crippen molar-refractivity contribution < 1.29 is 18.7 Å². The highest BCUT2D eigenvalue weighted by Gasteiger charge is 2.27. The normalized spacial score (nSPS) is 17.8. The maximum Gasteiger partial charge on any atom is 0.340 e. The highest BCUT2D eigenvalue weighted by molar-refractivity contribution is 6.32. The first-order valence-electron chi connectivity index (χ1n) is 16.4. The number of carbonyl (C=O) groups excluding carboxylic acids is 1. The molecular formula is C36H52ClFO3. The minimum absolute atomic E-state index is 0.119. The lowest BCUT2D eigenvalue weighted by molar-refractivity contribution is -0.157. The van der Waals surface area contributed by atoms with Crippen LogP contribution in [-0.2, 0) is 16.0 Å². The zero-order valence-electron chi connectivity index (χ0n) is 25.5. The monoisotopic (exact) mass is 586 g/mol. The number of halogens is 2. The van der Waals surface area contributed by atoms with Gasteiger partial charge in [0.1, 0.15) is 11.9 Å². The number of hydrogen-bond acceptors (Lipinski definition) is 3. The van der Waals surface area contributed by atoms with Gasteiger partial charge in [0.15, 0.2) is 6.17 Å². The van der Waals surface area contributed by atoms with Gasteiger partial charge in [-0.2, -0.15) is 0 Å². The highest BCUT2D eigenvalue weighted by atomic mass is 35.5. The van der Waals surface area contributed by atoms with E-state index in [0.717, 1.165) is 74.7 Å². The fourth-order valence-corrected chi connectivity index (χ4v) is 5.96. The van der Waals surface area contributed by atoms with E-state index >= 15 is 0 Å². The van der Waals surface area contributed by atoms with Crippen molar-refractivity contribution in [3.05, 3.63) is 53.1 Å². The average Bonchev–Trinajstić information content (AvgIpc) is 2.99. The lowest BCUT2D eigenvalue weighted by Crippen LogP contribution is -2.29. The van der Waals surface area contributed by atoms with Crippen molar-refractivity contribution in [2.24, 2.45) is 5.92 Å². The molecule has 0 saturated heterocycles. The molecule has 1 aliphatic rings. The number of aryl methyl sites for hydroxylation is 1. The van der Waals surface area contributed by atoms with E-state index in [4.69, 9.17) is 21.1 Å². The van der Waals surface area contributed by atoms with Crippen molar-refractivity contribution in [1.82, 2.24) is 0 Å². The van der Waals surface area contributed by atoms with Crippen LogP contribution >= 0.6 is 11.6 Å². The molecule has 2 aromatic carbocycles. The molecule has 3 rings (SSSR count). The van der Waals surface area contributed by atoms with Gasteiger partial charge in [0.2, 0.25) is 0 Å². The third kappa shape index (κ3) is 12.4. The zero-order chi connectivity index (χ0) is 29.3. The van der Waals surface area contributed by atoms with Crippen molar-refractivity contribution in [3.8, 4) is 16.9 Å². The Morgan fingerprint density at radius 2 is 1.49 bits per heavy atom. The van der Waals surface area contributed by atoms with Crippen molar-refractivity contribution in [2.45, 2.75) is 135 Å². The molecule has 0 amide bonds. The summed E-state index contributed by atoms with van der Waals surface area (Å²) >= 11 is 6.56. The first-order valence-corrected chi connectivity index (χ1v) is 16.7. The summed E-state index contributed by atoms with van der Waals surface area (Å²) in [5.74, 6) is 0.729. The lowest BCUT2D eigenvalue weighted by atomic mass is 9.83. The van der Waals surface area contributed by atoms with Crippen molar-refractivity contribution in [1.29, 1.82) is 0 Å². The number of esters is 1. The van der Waals surface area contributed by atoms with Crippen LogP contribution in [0.1, 0.15) is 122 Å². The molecule has 0 radical (unpaired) electrons. The molecule has 0 unspecified atom stereocenters. The number of alkyl halides is 1. The van der Waals surface area contributed by atoms with Crippen molar-refractivity contribution in [3.63, 3.8) is 0 Å². The molecule has 1 saturated carbocycles. The standard InChI is InChI=1S/C36H52ClFO3/c1-3-5-7-8-9-10-11-12-26-40-35-25-22-31(27-33(35)37)30-20-16-28(17-21-30)14-15-29-18-23-32(24-19-29)41-36(39)34(38)13-6-4-2/h16-17,20-22,25,27,29,32,34H,3-15,18-19,23-24,26H2,1-2H3/t29?,32?,34-/m0/s1. The Hall–Kier alpha value is -2.07. The molecule has 41 heavy (non-hydrogen) atoms. The molecule has 0 aromatic heterocycles. The Kier molecular flexibility index (Phi) is 15.6. The molecule has 0 bridgehead atoms. The molecule has 0 aliphatic heterocycles. The summed E-state index contributed by atoms with van der Waals surface area (Å²) in [6.07, 6.45) is 16.5. The van der Waals surface area contributed by atoms with E-state index in [-0.39, 0.29) is 12.5 Å². The molecule has 0 N–H and O–H groups in total. The third-order valence-corrected chi connectivity index (χ3v) is 8.75. The molecule has 1 fully saturated rings. The minimum Gasteiger partial charge on any atom is -0.492 e. The molecule has 2 aromatic rings. The summed E-state index contributed by atoms with van der Waals surface area (Å²) < 4.78 is 25.3. The van der Waals surface area contributed by atoms with Crippen LogP contribution in [0.25, 0.3) is 11.1 Å². The third-order valence-electron chi connectivity index (χ3n) is 8.46. The summed E-state index contributed by atoms with van der Waals surface area (Å²) in [6, 6.07) is 14.8. The Balaban J connectivity index is 1.34. The Bertz CT molecular complexity index is 1000. The molecule has 1 aliphatic carbocycles. The van der Waals surface area contributed by atoms with Gasteiger partial charge >= 0.3 is 5.97 Å². The van der Waals surface area contributed by atoms with E-state index in [1.807, 2.05) is 19.1 Å². The summed E-state index contributed by atoms with van der Waals surface area (Å²) in [7, 11) is 0. The summed E-state index contributed by atoms with van der Waals surface area (Å²) in [5, 5.41) is 0.662. The van der Waals surface area contributed by atoms with Crippen LogP contribution in [0, 0.1) is 5.92 Å². The van der Waals surface area contributed by atoms with Crippen LogP contribution in [0.4, 0.5) is 4.39 Å². The van der Waals surface area contributed by atoms with Gasteiger partial charge in [-0.3, -0.25) is 0 Å². The molecule has 0 heterocycles. The highest BCUT2D eigenvalue weighted by Crippen LogP contribution is 2.32. The quantitative estimate of drug-likeness (QED) is 0.121. The molecular weight excluding hydrogens is 535 g/mol. The molecule has 228 valence electrons. The van der Waals surface area contributed by atoms with Crippen LogP contribution in [0.5, 0.6) is 5.75 Å². The number of ether oxygens (including phenoxy) is 2. The Labute approximate surface area is 253 Å². The van der Waals surface area contributed by atoms with Crippen LogP contribution in [0.2, 0.25) is 5.02 Å². The maximum absolute atomic E-state index is 13.9. The van der Waals surface area contributed by atoms with E-state index in [1.54, 1.807) is 0 Å². The number of unbranched alkanes of at least 4 members (excludes halogenated alkanes) is 8. The minimum atomic E-state index is -1.47. The zero-order valence-corrected chi connectivity index (χ0v) is 26.2. The van der Waals surface area contributed by atoms with Crippen LogP contribution in [-0.4, -0.2) is 24.9 Å². The average molecular weight is 587 g/mol. The second-order valence-electron chi connectivity index (χ2n) is 11.9. The fourth-order valence-electron chi connectivity index (χ4n) is 5.73. The van der Waals surface area contributed by atoms with Crippen LogP contribution in [0.15, 0.2) is 42.5 Å². The second-order valence-corrected chi connectivity index (χ2v) is 12.3. The predicted molar refractivity (Wildman–Crippen MR) is 170 cm³/mol. The maximum atomic E-state index is 13.9. The Morgan fingerprint density at radius 3 is 2.15 bits per heavy atom. The smallest absolute Gasteiger partial charge is 0.340 e. The molecule has 5 heteroatoms. The summed E-state index contributed by atoms with van der Waals surface area (Å²) in [5.41, 5.74) is 3.58. The number of benzene rings is 2. The van der Waals surface area contributed by atoms with E-state index < -0.39 is 12.1 Å².